The minimum Gasteiger partial charge on any atom is -0.387 e. The first kappa shape index (κ1) is 13.4. The molecule has 90 valence electrons. The molecule has 0 bridgehead atoms. The molecule has 3 heteroatoms. The van der Waals surface area contributed by atoms with Crippen molar-refractivity contribution in [3.8, 4) is 0 Å². The molecule has 0 saturated carbocycles. The minimum atomic E-state index is 0.209. The first-order valence-corrected chi connectivity index (χ1v) is 6.71. The van der Waals surface area contributed by atoms with E-state index in [0.717, 1.165) is 13.0 Å². The van der Waals surface area contributed by atoms with Crippen LogP contribution >= 0.6 is 11.8 Å². The molecule has 0 aliphatic heterocycles. The predicted molar refractivity (Wildman–Crippen MR) is 72.2 cm³/mol. The molecule has 1 rings (SSSR count). The summed E-state index contributed by atoms with van der Waals surface area (Å²) in [4.78, 5) is 1.24. The molecule has 2 nitrogen and oxygen atoms in total. The summed E-state index contributed by atoms with van der Waals surface area (Å²) in [5.41, 5.74) is 1.37. The van der Waals surface area contributed by atoms with E-state index in [0.29, 0.717) is 0 Å². The van der Waals surface area contributed by atoms with Crippen molar-refractivity contribution in [1.82, 2.24) is 0 Å². The fourth-order valence-corrected chi connectivity index (χ4v) is 2.36. The number of thioether (sulfide) groups is 1. The van der Waals surface area contributed by atoms with Gasteiger partial charge < -0.3 is 10.1 Å². The number of ether oxygens (including phenoxy) is 1. The van der Waals surface area contributed by atoms with Crippen molar-refractivity contribution < 1.29 is 4.74 Å². The van der Waals surface area contributed by atoms with Gasteiger partial charge in [0.15, 0.2) is 0 Å². The van der Waals surface area contributed by atoms with Gasteiger partial charge in [-0.15, -0.1) is 0 Å². The highest BCUT2D eigenvalue weighted by Gasteiger charge is 2.07. The molecule has 1 unspecified atom stereocenters. The molecule has 0 aliphatic rings. The lowest BCUT2D eigenvalue weighted by Gasteiger charge is -2.14. The van der Waals surface area contributed by atoms with Gasteiger partial charge in [-0.3, -0.25) is 0 Å². The quantitative estimate of drug-likeness (QED) is 0.442. The summed E-state index contributed by atoms with van der Waals surface area (Å²) < 4.78 is 5.72. The molecule has 0 radical (unpaired) electrons. The van der Waals surface area contributed by atoms with Crippen molar-refractivity contribution in [2.75, 3.05) is 19.0 Å². The van der Waals surface area contributed by atoms with E-state index in [1.165, 1.54) is 17.0 Å². The molecular formula is C13H21NOS. The highest BCUT2D eigenvalue weighted by molar-refractivity contribution is 7.99. The van der Waals surface area contributed by atoms with Crippen LogP contribution in [0.5, 0.6) is 0 Å². The summed E-state index contributed by atoms with van der Waals surface area (Å²) in [7, 11) is 1.95. The maximum absolute atomic E-state index is 5.72. The molecule has 0 aromatic heterocycles. The number of unbranched alkanes of at least 4 members (excludes halogenated alkanes) is 1. The van der Waals surface area contributed by atoms with Gasteiger partial charge in [-0.25, -0.2) is 0 Å². The Balaban J connectivity index is 2.45. The summed E-state index contributed by atoms with van der Waals surface area (Å²) in [6.45, 7) is 5.14. The van der Waals surface area contributed by atoms with Crippen molar-refractivity contribution in [2.45, 2.75) is 37.0 Å². The van der Waals surface area contributed by atoms with E-state index in [-0.39, 0.29) is 5.44 Å². The Bertz CT molecular complexity index is 304. The van der Waals surface area contributed by atoms with Gasteiger partial charge in [-0.2, -0.15) is 0 Å². The van der Waals surface area contributed by atoms with Gasteiger partial charge in [0.25, 0.3) is 0 Å². The molecule has 0 saturated heterocycles. The molecule has 1 atom stereocenters. The second kappa shape index (κ2) is 7.58. The third-order valence-electron chi connectivity index (χ3n) is 2.30. The van der Waals surface area contributed by atoms with E-state index in [9.17, 15) is 0 Å². The Morgan fingerprint density at radius 1 is 1.38 bits per heavy atom. The maximum atomic E-state index is 5.72. The van der Waals surface area contributed by atoms with Crippen LogP contribution in [0.2, 0.25) is 0 Å². The van der Waals surface area contributed by atoms with E-state index in [1.807, 2.05) is 13.1 Å². The van der Waals surface area contributed by atoms with Crippen molar-refractivity contribution in [1.29, 1.82) is 0 Å². The number of hydrogen-bond acceptors (Lipinski definition) is 3. The van der Waals surface area contributed by atoms with Crippen molar-refractivity contribution in [3.63, 3.8) is 0 Å². The smallest absolute Gasteiger partial charge is 0.105 e. The second-order valence-electron chi connectivity index (χ2n) is 3.66. The van der Waals surface area contributed by atoms with E-state index >= 15 is 0 Å². The van der Waals surface area contributed by atoms with Gasteiger partial charge in [0.2, 0.25) is 0 Å². The van der Waals surface area contributed by atoms with Gasteiger partial charge in [-0.1, -0.05) is 37.2 Å². The number of para-hydroxylation sites is 1. The first-order chi connectivity index (χ1) is 7.77. The number of rotatable bonds is 7. The number of nitrogens with one attached hydrogen (secondary N) is 1. The molecule has 0 aliphatic carbocycles. The van der Waals surface area contributed by atoms with Crippen LogP contribution < -0.4 is 5.32 Å². The first-order valence-electron chi connectivity index (χ1n) is 5.83. The molecule has 0 fully saturated rings. The summed E-state index contributed by atoms with van der Waals surface area (Å²) in [5, 5.41) is 3.19. The highest BCUT2D eigenvalue weighted by atomic mass is 32.2. The number of hydrogen-bond donors (Lipinski definition) is 1. The van der Waals surface area contributed by atoms with E-state index in [2.05, 4.69) is 37.4 Å². The minimum absolute atomic E-state index is 0.209. The summed E-state index contributed by atoms with van der Waals surface area (Å²) in [6, 6.07) is 8.30. The van der Waals surface area contributed by atoms with Crippen LogP contribution in [0.25, 0.3) is 0 Å². The molecule has 0 heterocycles. The van der Waals surface area contributed by atoms with Crippen LogP contribution in [0.4, 0.5) is 5.69 Å². The van der Waals surface area contributed by atoms with Crippen LogP contribution in [0.15, 0.2) is 29.2 Å². The molecule has 1 N–H and O–H groups in total. The predicted octanol–water partition coefficient (Wildman–Crippen LogP) is 3.98. The van der Waals surface area contributed by atoms with Crippen LogP contribution in [-0.4, -0.2) is 19.1 Å². The van der Waals surface area contributed by atoms with Gasteiger partial charge in [0, 0.05) is 24.2 Å². The zero-order chi connectivity index (χ0) is 11.8. The maximum Gasteiger partial charge on any atom is 0.105 e. The third-order valence-corrected chi connectivity index (χ3v) is 3.38. The Morgan fingerprint density at radius 3 is 2.81 bits per heavy atom. The number of anilines is 1. The lowest BCUT2D eigenvalue weighted by atomic mass is 10.3. The number of benzene rings is 1. The Labute approximate surface area is 103 Å². The molecule has 0 spiro atoms. The van der Waals surface area contributed by atoms with Gasteiger partial charge in [0.05, 0.1) is 0 Å². The molecule has 1 aromatic rings. The topological polar surface area (TPSA) is 21.3 Å². The largest absolute Gasteiger partial charge is 0.387 e. The van der Waals surface area contributed by atoms with Crippen LogP contribution in [-0.2, 0) is 4.74 Å². The zero-order valence-electron chi connectivity index (χ0n) is 10.3. The fraction of sp³-hybridized carbons (Fsp3) is 0.538. The average Bonchev–Trinajstić information content (AvgIpc) is 2.30. The Hall–Kier alpha value is -0.670. The van der Waals surface area contributed by atoms with Gasteiger partial charge in [0.1, 0.15) is 5.44 Å². The lowest BCUT2D eigenvalue weighted by molar-refractivity contribution is 0.121. The fourth-order valence-electron chi connectivity index (χ4n) is 1.38. The molecular weight excluding hydrogens is 218 g/mol. The highest BCUT2D eigenvalue weighted by Crippen LogP contribution is 2.30. The Kier molecular flexibility index (Phi) is 6.34. The standard InChI is InChI=1S/C13H21NOS/c1-4-5-10-15-11(2)16-13-9-7-6-8-12(13)14-3/h6-9,11,14H,4-5,10H2,1-3H3. The van der Waals surface area contributed by atoms with Gasteiger partial charge in [-0.05, 0) is 25.5 Å². The average molecular weight is 239 g/mol. The SMILES string of the molecule is CCCCOC(C)Sc1ccccc1NC. The van der Waals surface area contributed by atoms with Crippen molar-refractivity contribution in [3.05, 3.63) is 24.3 Å². The van der Waals surface area contributed by atoms with E-state index in [1.54, 1.807) is 11.8 Å². The molecule has 16 heavy (non-hydrogen) atoms. The summed E-state index contributed by atoms with van der Waals surface area (Å²) in [6.07, 6.45) is 2.32. The molecule has 0 amide bonds. The van der Waals surface area contributed by atoms with E-state index in [4.69, 9.17) is 4.74 Å². The normalized spacial score (nSPS) is 12.4. The van der Waals surface area contributed by atoms with E-state index < -0.39 is 0 Å². The van der Waals surface area contributed by atoms with Crippen LogP contribution in [0.1, 0.15) is 26.7 Å². The van der Waals surface area contributed by atoms with Crippen LogP contribution in [0.3, 0.4) is 0 Å². The summed E-state index contributed by atoms with van der Waals surface area (Å²) >= 11 is 1.76. The van der Waals surface area contributed by atoms with Crippen molar-refractivity contribution >= 4 is 17.4 Å². The van der Waals surface area contributed by atoms with Crippen molar-refractivity contribution in [2.24, 2.45) is 0 Å². The molecule has 1 aromatic carbocycles. The monoisotopic (exact) mass is 239 g/mol. The zero-order valence-corrected chi connectivity index (χ0v) is 11.1. The summed E-state index contributed by atoms with van der Waals surface area (Å²) in [5.74, 6) is 0. The lowest BCUT2D eigenvalue weighted by Crippen LogP contribution is -2.05. The van der Waals surface area contributed by atoms with Crippen LogP contribution in [0, 0.1) is 0 Å². The second-order valence-corrected chi connectivity index (χ2v) is 5.00. The van der Waals surface area contributed by atoms with Gasteiger partial charge >= 0.3 is 0 Å². The third kappa shape index (κ3) is 4.45. The Morgan fingerprint density at radius 2 is 2.12 bits per heavy atom.